The Hall–Kier alpha value is -1.33. The van der Waals surface area contributed by atoms with Crippen molar-refractivity contribution in [3.05, 3.63) is 24.0 Å². The topological polar surface area (TPSA) is 46.5 Å². The lowest BCUT2D eigenvalue weighted by Gasteiger charge is -2.23. The standard InChI is InChI=1S/C16H29N3O2/c1-4-5-11-19(14-15-8-6-10-18(15)2)16(20)13-17-9-7-12-21-3/h6,8,10,17H,4-5,7,9,11-14H2,1-3H3. The lowest BCUT2D eigenvalue weighted by molar-refractivity contribution is -0.131. The first kappa shape index (κ1) is 17.7. The number of amides is 1. The first-order valence-corrected chi connectivity index (χ1v) is 7.76. The van der Waals surface area contributed by atoms with Crippen LogP contribution < -0.4 is 5.32 Å². The van der Waals surface area contributed by atoms with Gasteiger partial charge in [-0.3, -0.25) is 4.79 Å². The highest BCUT2D eigenvalue weighted by Crippen LogP contribution is 2.07. The molecule has 1 aromatic rings. The van der Waals surface area contributed by atoms with E-state index in [1.807, 2.05) is 24.2 Å². The highest BCUT2D eigenvalue weighted by molar-refractivity contribution is 5.78. The number of hydrogen-bond acceptors (Lipinski definition) is 3. The number of ether oxygens (including phenoxy) is 1. The molecule has 0 spiro atoms. The van der Waals surface area contributed by atoms with Gasteiger partial charge < -0.3 is 19.5 Å². The van der Waals surface area contributed by atoms with Crippen molar-refractivity contribution in [2.24, 2.45) is 7.05 Å². The second kappa shape index (κ2) is 10.4. The maximum Gasteiger partial charge on any atom is 0.236 e. The Morgan fingerprint density at radius 1 is 1.43 bits per heavy atom. The summed E-state index contributed by atoms with van der Waals surface area (Å²) in [5.74, 6) is 0.169. The van der Waals surface area contributed by atoms with E-state index in [2.05, 4.69) is 22.9 Å². The van der Waals surface area contributed by atoms with Gasteiger partial charge in [0.15, 0.2) is 0 Å². The van der Waals surface area contributed by atoms with Crippen molar-refractivity contribution in [2.75, 3.05) is 33.4 Å². The fourth-order valence-electron chi connectivity index (χ4n) is 2.15. The second-order valence-corrected chi connectivity index (χ2v) is 5.30. The Balaban J connectivity index is 2.44. The van der Waals surface area contributed by atoms with E-state index in [9.17, 15) is 4.79 Å². The molecule has 1 amide bonds. The third-order valence-electron chi connectivity index (χ3n) is 3.52. The number of unbranched alkanes of at least 4 members (excludes halogenated alkanes) is 1. The molecular formula is C16H29N3O2. The van der Waals surface area contributed by atoms with Crippen molar-refractivity contribution >= 4 is 5.91 Å². The number of carbonyl (C=O) groups is 1. The molecular weight excluding hydrogens is 266 g/mol. The lowest BCUT2D eigenvalue weighted by atomic mass is 10.3. The summed E-state index contributed by atoms with van der Waals surface area (Å²) in [5, 5.41) is 3.19. The van der Waals surface area contributed by atoms with E-state index in [4.69, 9.17) is 4.74 Å². The van der Waals surface area contributed by atoms with Crippen LogP contribution in [-0.2, 0) is 23.1 Å². The van der Waals surface area contributed by atoms with Crippen LogP contribution in [0.2, 0.25) is 0 Å². The molecule has 1 heterocycles. The molecule has 0 radical (unpaired) electrons. The Bertz CT molecular complexity index is 404. The van der Waals surface area contributed by atoms with Crippen LogP contribution in [0.4, 0.5) is 0 Å². The van der Waals surface area contributed by atoms with Crippen LogP contribution in [0.1, 0.15) is 31.9 Å². The van der Waals surface area contributed by atoms with E-state index in [-0.39, 0.29) is 5.91 Å². The number of aryl methyl sites for hydroxylation is 1. The quantitative estimate of drug-likeness (QED) is 0.633. The number of methoxy groups -OCH3 is 1. The molecule has 5 heteroatoms. The molecule has 0 saturated heterocycles. The van der Waals surface area contributed by atoms with Gasteiger partial charge in [-0.15, -0.1) is 0 Å². The lowest BCUT2D eigenvalue weighted by Crippen LogP contribution is -2.39. The Labute approximate surface area is 128 Å². The zero-order chi connectivity index (χ0) is 15.5. The van der Waals surface area contributed by atoms with Gasteiger partial charge in [-0.25, -0.2) is 0 Å². The third-order valence-corrected chi connectivity index (χ3v) is 3.52. The third kappa shape index (κ3) is 6.78. The normalized spacial score (nSPS) is 10.8. The number of carbonyl (C=O) groups excluding carboxylic acids is 1. The number of nitrogens with zero attached hydrogens (tertiary/aromatic N) is 2. The molecule has 0 aliphatic rings. The van der Waals surface area contributed by atoms with Crippen molar-refractivity contribution in [3.8, 4) is 0 Å². The van der Waals surface area contributed by atoms with Gasteiger partial charge >= 0.3 is 0 Å². The molecule has 0 aliphatic carbocycles. The fourth-order valence-corrected chi connectivity index (χ4v) is 2.15. The predicted octanol–water partition coefficient (Wildman–Crippen LogP) is 1.78. The van der Waals surface area contributed by atoms with Crippen LogP contribution in [0, 0.1) is 0 Å². The van der Waals surface area contributed by atoms with Crippen molar-refractivity contribution < 1.29 is 9.53 Å². The summed E-state index contributed by atoms with van der Waals surface area (Å²) in [6.07, 6.45) is 5.08. The first-order chi connectivity index (χ1) is 10.2. The van der Waals surface area contributed by atoms with Gasteiger partial charge in [0.1, 0.15) is 0 Å². The second-order valence-electron chi connectivity index (χ2n) is 5.30. The van der Waals surface area contributed by atoms with E-state index >= 15 is 0 Å². The summed E-state index contributed by atoms with van der Waals surface area (Å²) in [6.45, 7) is 5.59. The molecule has 0 aliphatic heterocycles. The van der Waals surface area contributed by atoms with Crippen molar-refractivity contribution in [1.29, 1.82) is 0 Å². The van der Waals surface area contributed by atoms with E-state index < -0.39 is 0 Å². The monoisotopic (exact) mass is 295 g/mol. The summed E-state index contributed by atoms with van der Waals surface area (Å²) in [7, 11) is 3.71. The summed E-state index contributed by atoms with van der Waals surface area (Å²) < 4.78 is 7.06. The van der Waals surface area contributed by atoms with Gasteiger partial charge in [-0.2, -0.15) is 0 Å². The molecule has 0 unspecified atom stereocenters. The SMILES string of the molecule is CCCCN(Cc1cccn1C)C(=O)CNCCCOC. The van der Waals surface area contributed by atoms with Gasteiger partial charge in [0.25, 0.3) is 0 Å². The summed E-state index contributed by atoms with van der Waals surface area (Å²) in [4.78, 5) is 14.3. The maximum absolute atomic E-state index is 12.3. The van der Waals surface area contributed by atoms with Crippen molar-refractivity contribution in [3.63, 3.8) is 0 Å². The van der Waals surface area contributed by atoms with Crippen LogP contribution >= 0.6 is 0 Å². The fraction of sp³-hybridized carbons (Fsp3) is 0.688. The van der Waals surface area contributed by atoms with Crippen LogP contribution in [-0.4, -0.2) is 48.7 Å². The highest BCUT2D eigenvalue weighted by atomic mass is 16.5. The molecule has 21 heavy (non-hydrogen) atoms. The number of aromatic nitrogens is 1. The largest absolute Gasteiger partial charge is 0.385 e. The summed E-state index contributed by atoms with van der Waals surface area (Å²) in [5.41, 5.74) is 1.17. The van der Waals surface area contributed by atoms with E-state index in [0.29, 0.717) is 13.1 Å². The first-order valence-electron chi connectivity index (χ1n) is 7.76. The van der Waals surface area contributed by atoms with E-state index in [1.54, 1.807) is 7.11 Å². The molecule has 1 rings (SSSR count). The molecule has 0 aromatic carbocycles. The number of nitrogens with one attached hydrogen (secondary N) is 1. The molecule has 0 bridgehead atoms. The number of rotatable bonds is 11. The van der Waals surface area contributed by atoms with Crippen LogP contribution in [0.25, 0.3) is 0 Å². The van der Waals surface area contributed by atoms with Gasteiger partial charge in [0.05, 0.1) is 13.1 Å². The van der Waals surface area contributed by atoms with Crippen molar-refractivity contribution in [1.82, 2.24) is 14.8 Å². The van der Waals surface area contributed by atoms with Crippen LogP contribution in [0.5, 0.6) is 0 Å². The maximum atomic E-state index is 12.3. The summed E-state index contributed by atoms with van der Waals surface area (Å²) >= 11 is 0. The minimum absolute atomic E-state index is 0.169. The van der Waals surface area contributed by atoms with E-state index in [1.165, 1.54) is 5.69 Å². The number of hydrogen-bond donors (Lipinski definition) is 1. The minimum atomic E-state index is 0.169. The molecule has 1 aromatic heterocycles. The van der Waals surface area contributed by atoms with Gasteiger partial charge in [-0.1, -0.05) is 13.3 Å². The van der Waals surface area contributed by atoms with Gasteiger partial charge in [-0.05, 0) is 31.5 Å². The van der Waals surface area contributed by atoms with Crippen LogP contribution in [0.3, 0.4) is 0 Å². The van der Waals surface area contributed by atoms with Crippen LogP contribution in [0.15, 0.2) is 18.3 Å². The Morgan fingerprint density at radius 3 is 2.86 bits per heavy atom. The molecule has 120 valence electrons. The summed E-state index contributed by atoms with van der Waals surface area (Å²) in [6, 6.07) is 4.08. The zero-order valence-electron chi connectivity index (χ0n) is 13.6. The highest BCUT2D eigenvalue weighted by Gasteiger charge is 2.14. The molecule has 1 N–H and O–H groups in total. The molecule has 0 saturated carbocycles. The molecule has 0 atom stereocenters. The predicted molar refractivity (Wildman–Crippen MR) is 85.1 cm³/mol. The zero-order valence-corrected chi connectivity index (χ0v) is 13.6. The smallest absolute Gasteiger partial charge is 0.236 e. The molecule has 5 nitrogen and oxygen atoms in total. The molecule has 0 fully saturated rings. The van der Waals surface area contributed by atoms with E-state index in [0.717, 1.165) is 39.0 Å². The van der Waals surface area contributed by atoms with Gasteiger partial charge in [0, 0.05) is 39.2 Å². The minimum Gasteiger partial charge on any atom is -0.385 e. The Morgan fingerprint density at radius 2 is 2.24 bits per heavy atom. The average molecular weight is 295 g/mol. The van der Waals surface area contributed by atoms with Gasteiger partial charge in [0.2, 0.25) is 5.91 Å². The van der Waals surface area contributed by atoms with Crippen molar-refractivity contribution in [2.45, 2.75) is 32.7 Å². The Kier molecular flexibility index (Phi) is 8.78. The average Bonchev–Trinajstić information content (AvgIpc) is 2.88.